The summed E-state index contributed by atoms with van der Waals surface area (Å²) >= 11 is 1.89. The van der Waals surface area contributed by atoms with E-state index in [1.54, 1.807) is 0 Å². The zero-order valence-corrected chi connectivity index (χ0v) is 12.5. The molecular weight excluding hydrogens is 262 g/mol. The second-order valence-electron chi connectivity index (χ2n) is 5.68. The van der Waals surface area contributed by atoms with Gasteiger partial charge in [-0.2, -0.15) is 11.8 Å². The highest BCUT2D eigenvalue weighted by Crippen LogP contribution is 2.34. The lowest BCUT2D eigenvalue weighted by atomic mass is 9.78. The molecule has 1 N–H and O–H groups in total. The van der Waals surface area contributed by atoms with Crippen LogP contribution in [-0.2, 0) is 9.59 Å². The predicted octanol–water partition coefficient (Wildman–Crippen LogP) is 2.23. The fourth-order valence-electron chi connectivity index (χ4n) is 3.18. The molecule has 0 aromatic heterocycles. The molecule has 19 heavy (non-hydrogen) atoms. The Morgan fingerprint density at radius 2 is 1.79 bits per heavy atom. The van der Waals surface area contributed by atoms with Gasteiger partial charge in [0, 0.05) is 23.6 Å². The van der Waals surface area contributed by atoms with E-state index >= 15 is 0 Å². The summed E-state index contributed by atoms with van der Waals surface area (Å²) < 4.78 is 0. The number of nitrogens with zero attached hydrogens (tertiary/aromatic N) is 1. The van der Waals surface area contributed by atoms with Gasteiger partial charge in [0.1, 0.15) is 0 Å². The normalized spacial score (nSPS) is 36.0. The number of carboxylic acid groups (broad SMARTS) is 1. The first-order valence-corrected chi connectivity index (χ1v) is 8.22. The highest BCUT2D eigenvalue weighted by molar-refractivity contribution is 8.00. The highest BCUT2D eigenvalue weighted by atomic mass is 32.2. The number of rotatable bonds is 2. The minimum Gasteiger partial charge on any atom is -0.481 e. The maximum absolute atomic E-state index is 12.7. The third-order valence-electron chi connectivity index (χ3n) is 4.57. The Balaban J connectivity index is 2.10. The summed E-state index contributed by atoms with van der Waals surface area (Å²) in [7, 11) is 0. The van der Waals surface area contributed by atoms with Crippen molar-refractivity contribution in [3.8, 4) is 0 Å². The van der Waals surface area contributed by atoms with E-state index in [1.165, 1.54) is 0 Å². The molecule has 1 saturated heterocycles. The Morgan fingerprint density at radius 3 is 2.42 bits per heavy atom. The van der Waals surface area contributed by atoms with Crippen LogP contribution in [0.1, 0.15) is 39.5 Å². The average molecular weight is 285 g/mol. The van der Waals surface area contributed by atoms with Gasteiger partial charge in [-0.3, -0.25) is 9.59 Å². The van der Waals surface area contributed by atoms with Gasteiger partial charge < -0.3 is 10.0 Å². The standard InChI is InChI=1S/C14H23NO3S/c1-9-10(2)19-8-7-15(9)13(16)11-5-3-4-6-12(11)14(17)18/h9-12H,3-8H2,1-2H3,(H,17,18)/t9?,10?,11-,12+/m1/s1. The van der Waals surface area contributed by atoms with E-state index in [0.29, 0.717) is 11.7 Å². The van der Waals surface area contributed by atoms with Gasteiger partial charge in [-0.1, -0.05) is 19.8 Å². The molecule has 2 fully saturated rings. The zero-order valence-electron chi connectivity index (χ0n) is 11.7. The fraction of sp³-hybridized carbons (Fsp3) is 0.857. The lowest BCUT2D eigenvalue weighted by Crippen LogP contribution is -2.52. The molecule has 108 valence electrons. The van der Waals surface area contributed by atoms with Crippen molar-refractivity contribution in [3.05, 3.63) is 0 Å². The Morgan fingerprint density at radius 1 is 1.16 bits per heavy atom. The monoisotopic (exact) mass is 285 g/mol. The number of carbonyl (C=O) groups excluding carboxylic acids is 1. The minimum absolute atomic E-state index is 0.0757. The van der Waals surface area contributed by atoms with Crippen LogP contribution < -0.4 is 0 Å². The lowest BCUT2D eigenvalue weighted by Gasteiger charge is -2.41. The quantitative estimate of drug-likeness (QED) is 0.845. The lowest BCUT2D eigenvalue weighted by molar-refractivity contribution is -0.153. The second-order valence-corrected chi connectivity index (χ2v) is 7.17. The largest absolute Gasteiger partial charge is 0.481 e. The van der Waals surface area contributed by atoms with E-state index in [9.17, 15) is 14.7 Å². The topological polar surface area (TPSA) is 57.6 Å². The molecule has 1 heterocycles. The Kier molecular flexibility index (Phi) is 4.76. The van der Waals surface area contributed by atoms with Gasteiger partial charge in [0.25, 0.3) is 0 Å². The summed E-state index contributed by atoms with van der Waals surface area (Å²) in [6.07, 6.45) is 3.30. The second kappa shape index (κ2) is 6.16. The fourth-order valence-corrected chi connectivity index (χ4v) is 4.28. The molecule has 0 aromatic carbocycles. The van der Waals surface area contributed by atoms with Crippen molar-refractivity contribution in [3.63, 3.8) is 0 Å². The van der Waals surface area contributed by atoms with E-state index < -0.39 is 11.9 Å². The summed E-state index contributed by atoms with van der Waals surface area (Å²) in [5.74, 6) is -0.541. The summed E-state index contributed by atoms with van der Waals surface area (Å²) in [5.41, 5.74) is 0. The number of amides is 1. The smallest absolute Gasteiger partial charge is 0.307 e. The molecule has 2 rings (SSSR count). The molecular formula is C14H23NO3S. The molecule has 0 bridgehead atoms. The molecule has 5 heteroatoms. The number of carbonyl (C=O) groups is 2. The van der Waals surface area contributed by atoms with Crippen LogP contribution in [0.5, 0.6) is 0 Å². The summed E-state index contributed by atoms with van der Waals surface area (Å²) in [6.45, 7) is 4.98. The van der Waals surface area contributed by atoms with Crippen LogP contribution in [0.2, 0.25) is 0 Å². The first kappa shape index (κ1) is 14.7. The van der Waals surface area contributed by atoms with Gasteiger partial charge >= 0.3 is 5.97 Å². The number of thioether (sulfide) groups is 1. The summed E-state index contributed by atoms with van der Waals surface area (Å²) in [6, 6.07) is 0.211. The Labute approximate surface area is 118 Å². The van der Waals surface area contributed by atoms with E-state index in [-0.39, 0.29) is 17.9 Å². The van der Waals surface area contributed by atoms with Crippen molar-refractivity contribution >= 4 is 23.6 Å². The van der Waals surface area contributed by atoms with Gasteiger partial charge in [-0.05, 0) is 19.8 Å². The van der Waals surface area contributed by atoms with Crippen LogP contribution in [0.3, 0.4) is 0 Å². The van der Waals surface area contributed by atoms with E-state index in [4.69, 9.17) is 0 Å². The molecule has 0 spiro atoms. The molecule has 2 aliphatic rings. The Hall–Kier alpha value is -0.710. The molecule has 2 unspecified atom stereocenters. The van der Waals surface area contributed by atoms with Crippen molar-refractivity contribution in [2.24, 2.45) is 11.8 Å². The van der Waals surface area contributed by atoms with E-state index in [1.807, 2.05) is 16.7 Å². The van der Waals surface area contributed by atoms with Crippen molar-refractivity contribution in [2.45, 2.75) is 50.8 Å². The zero-order chi connectivity index (χ0) is 14.0. The molecule has 0 radical (unpaired) electrons. The van der Waals surface area contributed by atoms with Crippen LogP contribution in [0.15, 0.2) is 0 Å². The molecule has 4 nitrogen and oxygen atoms in total. The Bertz CT molecular complexity index is 361. The van der Waals surface area contributed by atoms with Crippen molar-refractivity contribution in [1.82, 2.24) is 4.90 Å². The summed E-state index contributed by atoms with van der Waals surface area (Å²) in [4.78, 5) is 25.9. The van der Waals surface area contributed by atoms with Gasteiger partial charge in [0.2, 0.25) is 5.91 Å². The number of hydrogen-bond acceptors (Lipinski definition) is 3. The maximum Gasteiger partial charge on any atom is 0.307 e. The number of aliphatic carboxylic acids is 1. The van der Waals surface area contributed by atoms with Gasteiger partial charge in [-0.15, -0.1) is 0 Å². The number of carboxylic acids is 1. The van der Waals surface area contributed by atoms with Crippen LogP contribution >= 0.6 is 11.8 Å². The van der Waals surface area contributed by atoms with Crippen LogP contribution in [0.25, 0.3) is 0 Å². The molecule has 1 aliphatic carbocycles. The van der Waals surface area contributed by atoms with Crippen LogP contribution in [0, 0.1) is 11.8 Å². The average Bonchev–Trinajstić information content (AvgIpc) is 2.41. The van der Waals surface area contributed by atoms with E-state index in [2.05, 4.69) is 13.8 Å². The molecule has 1 aliphatic heterocycles. The first-order chi connectivity index (χ1) is 9.02. The molecule has 1 amide bonds. The summed E-state index contributed by atoms with van der Waals surface area (Å²) in [5, 5.41) is 9.73. The number of hydrogen-bond donors (Lipinski definition) is 1. The molecule has 1 saturated carbocycles. The van der Waals surface area contributed by atoms with Gasteiger partial charge in [0.15, 0.2) is 0 Å². The van der Waals surface area contributed by atoms with E-state index in [0.717, 1.165) is 31.6 Å². The van der Waals surface area contributed by atoms with Crippen molar-refractivity contribution in [1.29, 1.82) is 0 Å². The van der Waals surface area contributed by atoms with Crippen LogP contribution in [0.4, 0.5) is 0 Å². The van der Waals surface area contributed by atoms with Gasteiger partial charge in [0.05, 0.1) is 11.8 Å². The highest BCUT2D eigenvalue weighted by Gasteiger charge is 2.40. The molecule has 4 atom stereocenters. The SMILES string of the molecule is CC1SCCN(C(=O)[C@@H]2CCCC[C@@H]2C(=O)O)C1C. The van der Waals surface area contributed by atoms with Crippen molar-refractivity contribution < 1.29 is 14.7 Å². The third kappa shape index (κ3) is 3.07. The van der Waals surface area contributed by atoms with Gasteiger partial charge in [-0.25, -0.2) is 0 Å². The van der Waals surface area contributed by atoms with Crippen molar-refractivity contribution in [2.75, 3.05) is 12.3 Å². The predicted molar refractivity (Wildman–Crippen MR) is 76.2 cm³/mol. The first-order valence-electron chi connectivity index (χ1n) is 7.17. The maximum atomic E-state index is 12.7. The third-order valence-corrected chi connectivity index (χ3v) is 5.91. The van der Waals surface area contributed by atoms with Crippen LogP contribution in [-0.4, -0.2) is 45.5 Å². The molecule has 0 aromatic rings. The minimum atomic E-state index is -0.801.